The van der Waals surface area contributed by atoms with Gasteiger partial charge in [-0.2, -0.15) is 0 Å². The molecule has 1 aliphatic rings. The maximum Gasteiger partial charge on any atom is 0.259 e. The van der Waals surface area contributed by atoms with Crippen LogP contribution in [-0.4, -0.2) is 19.2 Å². The third kappa shape index (κ3) is 5.87. The maximum atomic E-state index is 13.4. The monoisotopic (exact) mass is 530 g/mol. The van der Waals surface area contributed by atoms with E-state index in [0.29, 0.717) is 33.7 Å². The molecular weight excluding hydrogens is 504 g/mol. The minimum absolute atomic E-state index is 0.123. The predicted octanol–water partition coefficient (Wildman–Crippen LogP) is 7.87. The van der Waals surface area contributed by atoms with Crippen LogP contribution in [0.25, 0.3) is 0 Å². The fraction of sp³-hybridized carbons (Fsp3) is 0.200. The number of halogens is 1. The minimum Gasteiger partial charge on any atom is -0.493 e. The van der Waals surface area contributed by atoms with E-state index in [4.69, 9.17) is 26.1 Å². The fourth-order valence-electron chi connectivity index (χ4n) is 4.41. The summed E-state index contributed by atoms with van der Waals surface area (Å²) in [6.07, 6.45) is 5.85. The van der Waals surface area contributed by atoms with E-state index in [1.165, 1.54) is 4.88 Å². The summed E-state index contributed by atoms with van der Waals surface area (Å²) in [5.41, 5.74) is 4.33. The first-order valence-electron chi connectivity index (χ1n) is 12.2. The summed E-state index contributed by atoms with van der Waals surface area (Å²) in [5.74, 6) is 1.09. The zero-order valence-electron chi connectivity index (χ0n) is 20.5. The zero-order valence-corrected chi connectivity index (χ0v) is 22.1. The first-order valence-corrected chi connectivity index (χ1v) is 13.4. The van der Waals surface area contributed by atoms with Crippen molar-refractivity contribution in [1.29, 1.82) is 0 Å². The van der Waals surface area contributed by atoms with Crippen LogP contribution in [0.2, 0.25) is 5.02 Å². The second-order valence-electron chi connectivity index (χ2n) is 8.76. The Morgan fingerprint density at radius 2 is 1.81 bits per heavy atom. The Hall–Kier alpha value is -3.61. The van der Waals surface area contributed by atoms with Crippen molar-refractivity contribution in [3.8, 4) is 11.5 Å². The molecule has 0 radical (unpaired) electrons. The van der Waals surface area contributed by atoms with E-state index in [1.807, 2.05) is 72.8 Å². The number of aryl methyl sites for hydroxylation is 1. The summed E-state index contributed by atoms with van der Waals surface area (Å²) in [6, 6.07) is 22.8. The van der Waals surface area contributed by atoms with Crippen LogP contribution in [0.15, 0.2) is 77.8 Å². The van der Waals surface area contributed by atoms with Crippen LogP contribution in [0.5, 0.6) is 11.5 Å². The third-order valence-electron chi connectivity index (χ3n) is 6.26. The summed E-state index contributed by atoms with van der Waals surface area (Å²) in [6.45, 7) is 0.358. The molecule has 7 heteroatoms. The zero-order chi connectivity index (χ0) is 25.6. The van der Waals surface area contributed by atoms with Gasteiger partial charge in [0.1, 0.15) is 11.6 Å². The Morgan fingerprint density at radius 3 is 2.59 bits per heavy atom. The number of aliphatic imine (C=N–C) groups is 1. The fourth-order valence-corrected chi connectivity index (χ4v) is 5.76. The molecule has 5 rings (SSSR count). The Labute approximate surface area is 225 Å². The second-order valence-corrected chi connectivity index (χ2v) is 10.3. The van der Waals surface area contributed by atoms with Crippen LogP contribution in [0.4, 0.5) is 10.7 Å². The number of nitrogens with zero attached hydrogens (tertiary/aromatic N) is 1. The number of nitrogens with one attached hydrogen (secondary N) is 1. The van der Waals surface area contributed by atoms with Crippen LogP contribution in [0.1, 0.15) is 44.8 Å². The minimum atomic E-state index is -0.123. The maximum absolute atomic E-state index is 13.4. The van der Waals surface area contributed by atoms with Gasteiger partial charge in [-0.15, -0.1) is 11.3 Å². The van der Waals surface area contributed by atoms with Gasteiger partial charge >= 0.3 is 0 Å². The van der Waals surface area contributed by atoms with Crippen LogP contribution in [0, 0.1) is 0 Å². The lowest BCUT2D eigenvalue weighted by Crippen LogP contribution is -2.14. The lowest BCUT2D eigenvalue weighted by Gasteiger charge is -2.13. The van der Waals surface area contributed by atoms with Gasteiger partial charge in [-0.3, -0.25) is 4.79 Å². The van der Waals surface area contributed by atoms with Gasteiger partial charge in [0, 0.05) is 27.4 Å². The Morgan fingerprint density at radius 1 is 1.03 bits per heavy atom. The number of fused-ring (bicyclic) bond motifs is 1. The molecule has 0 fully saturated rings. The molecule has 0 unspecified atom stereocenters. The lowest BCUT2D eigenvalue weighted by molar-refractivity contribution is 0.102. The van der Waals surface area contributed by atoms with Gasteiger partial charge in [0.15, 0.2) is 11.5 Å². The van der Waals surface area contributed by atoms with Gasteiger partial charge in [-0.1, -0.05) is 48.0 Å². The van der Waals surface area contributed by atoms with Crippen molar-refractivity contribution in [3.05, 3.63) is 105 Å². The predicted molar refractivity (Wildman–Crippen MR) is 151 cm³/mol. The average Bonchev–Trinajstić information content (AvgIpc) is 3.31. The molecule has 1 heterocycles. The standard InChI is InChI=1S/C30H27ClN2O3S/c1-35-25-12-7-8-21(28(25)36-19-20-14-16-22(31)17-15-20)18-32-30-27(24-11-5-6-13-26(24)37-30)29(34)33-23-9-3-2-4-10-23/h2-4,7-10,12,14-18H,5-6,11,13,19H2,1H3,(H,33,34). The molecule has 3 aromatic carbocycles. The second kappa shape index (κ2) is 11.6. The van der Waals surface area contributed by atoms with Crippen molar-refractivity contribution in [1.82, 2.24) is 0 Å². The molecule has 1 aromatic heterocycles. The highest BCUT2D eigenvalue weighted by atomic mass is 35.5. The topological polar surface area (TPSA) is 59.9 Å². The summed E-state index contributed by atoms with van der Waals surface area (Å²) in [7, 11) is 1.62. The van der Waals surface area contributed by atoms with Gasteiger partial charge in [-0.25, -0.2) is 4.99 Å². The number of ether oxygens (including phenoxy) is 2. The van der Waals surface area contributed by atoms with Gasteiger partial charge < -0.3 is 14.8 Å². The molecule has 0 saturated heterocycles. The van der Waals surface area contributed by atoms with E-state index in [0.717, 1.165) is 48.1 Å². The van der Waals surface area contributed by atoms with Gasteiger partial charge in [0.05, 0.1) is 12.7 Å². The van der Waals surface area contributed by atoms with E-state index in [2.05, 4.69) is 5.32 Å². The molecule has 5 nitrogen and oxygen atoms in total. The summed E-state index contributed by atoms with van der Waals surface area (Å²) >= 11 is 7.62. The number of rotatable bonds is 8. The molecule has 0 atom stereocenters. The molecule has 37 heavy (non-hydrogen) atoms. The molecule has 4 aromatic rings. The largest absolute Gasteiger partial charge is 0.493 e. The van der Waals surface area contributed by atoms with Gasteiger partial charge in [0.2, 0.25) is 0 Å². The smallest absolute Gasteiger partial charge is 0.259 e. The highest BCUT2D eigenvalue weighted by Crippen LogP contribution is 2.41. The number of carbonyl (C=O) groups excluding carboxylic acids is 1. The number of hydrogen-bond donors (Lipinski definition) is 1. The number of methoxy groups -OCH3 is 1. The van der Waals surface area contributed by atoms with Crippen LogP contribution >= 0.6 is 22.9 Å². The van der Waals surface area contributed by atoms with Crippen molar-refractivity contribution in [2.75, 3.05) is 12.4 Å². The summed E-state index contributed by atoms with van der Waals surface area (Å²) < 4.78 is 11.7. The van der Waals surface area contributed by atoms with Gasteiger partial charge in [0.25, 0.3) is 5.91 Å². The molecule has 1 N–H and O–H groups in total. The number of amides is 1. The van der Waals surface area contributed by atoms with Crippen molar-refractivity contribution < 1.29 is 14.3 Å². The number of carbonyl (C=O) groups is 1. The Kier molecular flexibility index (Phi) is 7.87. The van der Waals surface area contributed by atoms with E-state index in [9.17, 15) is 4.79 Å². The first-order chi connectivity index (χ1) is 18.1. The molecule has 1 amide bonds. The van der Waals surface area contributed by atoms with Crippen LogP contribution < -0.4 is 14.8 Å². The first kappa shape index (κ1) is 25.1. The molecule has 188 valence electrons. The Bertz CT molecular complexity index is 1420. The van der Waals surface area contributed by atoms with Crippen molar-refractivity contribution >= 4 is 45.7 Å². The number of para-hydroxylation sites is 2. The average molecular weight is 531 g/mol. The summed E-state index contributed by atoms with van der Waals surface area (Å²) in [5, 5.41) is 4.44. The summed E-state index contributed by atoms with van der Waals surface area (Å²) in [4.78, 5) is 19.5. The molecule has 0 aliphatic heterocycles. The van der Waals surface area contributed by atoms with E-state index >= 15 is 0 Å². The number of anilines is 1. The molecule has 0 saturated carbocycles. The van der Waals surface area contributed by atoms with Crippen LogP contribution in [-0.2, 0) is 19.4 Å². The molecule has 0 bridgehead atoms. The SMILES string of the molecule is COc1cccc(C=Nc2sc3c(c2C(=O)Nc2ccccc2)CCCC3)c1OCc1ccc(Cl)cc1. The van der Waals surface area contributed by atoms with Crippen LogP contribution in [0.3, 0.4) is 0 Å². The number of hydrogen-bond acceptors (Lipinski definition) is 5. The van der Waals surface area contributed by atoms with Crippen molar-refractivity contribution in [3.63, 3.8) is 0 Å². The molecular formula is C30H27ClN2O3S. The number of benzene rings is 3. The van der Waals surface area contributed by atoms with E-state index in [-0.39, 0.29) is 5.91 Å². The lowest BCUT2D eigenvalue weighted by atomic mass is 9.95. The molecule has 1 aliphatic carbocycles. The van der Waals surface area contributed by atoms with Crippen molar-refractivity contribution in [2.45, 2.75) is 32.3 Å². The number of thiophene rings is 1. The van der Waals surface area contributed by atoms with Crippen molar-refractivity contribution in [2.24, 2.45) is 4.99 Å². The van der Waals surface area contributed by atoms with E-state index in [1.54, 1.807) is 24.7 Å². The highest BCUT2D eigenvalue weighted by molar-refractivity contribution is 7.16. The molecule has 0 spiro atoms. The highest BCUT2D eigenvalue weighted by Gasteiger charge is 2.25. The van der Waals surface area contributed by atoms with Gasteiger partial charge in [-0.05, 0) is 73.2 Å². The Balaban J connectivity index is 1.45. The van der Waals surface area contributed by atoms with E-state index < -0.39 is 0 Å². The third-order valence-corrected chi connectivity index (χ3v) is 7.71. The normalized spacial score (nSPS) is 12.8. The quantitative estimate of drug-likeness (QED) is 0.236.